The van der Waals surface area contributed by atoms with Crippen LogP contribution in [0.3, 0.4) is 0 Å². The van der Waals surface area contributed by atoms with Crippen LogP contribution in [-0.4, -0.2) is 4.98 Å². The second-order valence-electron chi connectivity index (χ2n) is 3.65. The summed E-state index contributed by atoms with van der Waals surface area (Å²) in [7, 11) is 0. The van der Waals surface area contributed by atoms with Crippen molar-refractivity contribution in [1.29, 1.82) is 0 Å². The molecule has 0 saturated carbocycles. The van der Waals surface area contributed by atoms with E-state index < -0.39 is 0 Å². The number of aryl methyl sites for hydroxylation is 3. The van der Waals surface area contributed by atoms with Crippen molar-refractivity contribution in [2.24, 2.45) is 0 Å². The molecule has 4 heteroatoms. The minimum atomic E-state index is 0.645. The maximum absolute atomic E-state index is 6.09. The van der Waals surface area contributed by atoms with Crippen molar-refractivity contribution < 1.29 is 0 Å². The number of benzene rings is 1. The van der Waals surface area contributed by atoms with Gasteiger partial charge in [-0.3, -0.25) is 0 Å². The summed E-state index contributed by atoms with van der Waals surface area (Å²) >= 11 is 7.64. The second kappa shape index (κ2) is 4.85. The fraction of sp³-hybridized carbons (Fsp3) is 0.250. The largest absolute Gasteiger partial charge is 0.375 e. The van der Waals surface area contributed by atoms with Crippen LogP contribution in [0.15, 0.2) is 24.3 Å². The molecule has 0 fully saturated rings. The lowest BCUT2D eigenvalue weighted by Crippen LogP contribution is -1.94. The monoisotopic (exact) mass is 252 g/mol. The van der Waals surface area contributed by atoms with E-state index in [1.54, 1.807) is 11.3 Å². The van der Waals surface area contributed by atoms with Crippen molar-refractivity contribution in [1.82, 2.24) is 4.98 Å². The third kappa shape index (κ3) is 2.54. The van der Waals surface area contributed by atoms with Gasteiger partial charge in [-0.2, -0.15) is 0 Å². The van der Waals surface area contributed by atoms with Gasteiger partial charge in [0, 0.05) is 9.90 Å². The van der Waals surface area contributed by atoms with E-state index >= 15 is 0 Å². The summed E-state index contributed by atoms with van der Waals surface area (Å²) in [6, 6.07) is 7.91. The zero-order valence-electron chi connectivity index (χ0n) is 9.03. The standard InChI is InChI=1S/C12H13ClN2S/c1-8-11(15-12(14)16-8)7-6-9-4-2-3-5-10(9)13/h2-5H,6-7H2,1H3,(H2,14,15). The molecule has 0 aliphatic heterocycles. The Bertz CT molecular complexity index is 494. The molecule has 2 N–H and O–H groups in total. The van der Waals surface area contributed by atoms with Crippen molar-refractivity contribution in [3.63, 3.8) is 0 Å². The average Bonchev–Trinajstić information content (AvgIpc) is 2.56. The average molecular weight is 253 g/mol. The summed E-state index contributed by atoms with van der Waals surface area (Å²) in [4.78, 5) is 5.51. The first-order chi connectivity index (χ1) is 7.66. The summed E-state index contributed by atoms with van der Waals surface area (Å²) in [5.41, 5.74) is 7.91. The maximum Gasteiger partial charge on any atom is 0.180 e. The van der Waals surface area contributed by atoms with Gasteiger partial charge in [0.1, 0.15) is 0 Å². The summed E-state index contributed by atoms with van der Waals surface area (Å²) in [6.45, 7) is 2.05. The first-order valence-corrected chi connectivity index (χ1v) is 6.31. The lowest BCUT2D eigenvalue weighted by molar-refractivity contribution is 0.918. The third-order valence-corrected chi connectivity index (χ3v) is 3.71. The molecule has 0 amide bonds. The Morgan fingerprint density at radius 2 is 2.06 bits per heavy atom. The molecule has 0 aliphatic carbocycles. The van der Waals surface area contributed by atoms with Crippen LogP contribution in [0.25, 0.3) is 0 Å². The summed E-state index contributed by atoms with van der Waals surface area (Å²) in [5.74, 6) is 0. The first-order valence-electron chi connectivity index (χ1n) is 5.12. The highest BCUT2D eigenvalue weighted by molar-refractivity contribution is 7.15. The maximum atomic E-state index is 6.09. The number of anilines is 1. The number of nitrogens with zero attached hydrogens (tertiary/aromatic N) is 1. The summed E-state index contributed by atoms with van der Waals surface area (Å²) in [6.07, 6.45) is 1.80. The minimum absolute atomic E-state index is 0.645. The number of thiazole rings is 1. The zero-order valence-corrected chi connectivity index (χ0v) is 10.6. The number of hydrogen-bond acceptors (Lipinski definition) is 3. The Balaban J connectivity index is 2.08. The van der Waals surface area contributed by atoms with Gasteiger partial charge in [0.15, 0.2) is 5.13 Å². The van der Waals surface area contributed by atoms with E-state index in [0.29, 0.717) is 5.13 Å². The van der Waals surface area contributed by atoms with E-state index in [4.69, 9.17) is 17.3 Å². The predicted octanol–water partition coefficient (Wildman–Crippen LogP) is 3.47. The van der Waals surface area contributed by atoms with Gasteiger partial charge in [-0.05, 0) is 31.4 Å². The van der Waals surface area contributed by atoms with Crippen LogP contribution in [0.4, 0.5) is 5.13 Å². The fourth-order valence-corrected chi connectivity index (χ4v) is 2.60. The van der Waals surface area contributed by atoms with Crippen LogP contribution >= 0.6 is 22.9 Å². The van der Waals surface area contributed by atoms with Gasteiger partial charge in [-0.1, -0.05) is 29.8 Å². The van der Waals surface area contributed by atoms with Gasteiger partial charge in [-0.25, -0.2) is 4.98 Å². The van der Waals surface area contributed by atoms with Crippen LogP contribution in [0.1, 0.15) is 16.1 Å². The van der Waals surface area contributed by atoms with Crippen LogP contribution in [-0.2, 0) is 12.8 Å². The number of hydrogen-bond donors (Lipinski definition) is 1. The zero-order chi connectivity index (χ0) is 11.5. The smallest absolute Gasteiger partial charge is 0.180 e. The van der Waals surface area contributed by atoms with Gasteiger partial charge in [0.25, 0.3) is 0 Å². The van der Waals surface area contributed by atoms with Crippen molar-refractivity contribution >= 4 is 28.1 Å². The molecule has 0 atom stereocenters. The normalized spacial score (nSPS) is 10.6. The fourth-order valence-electron chi connectivity index (χ4n) is 1.64. The lowest BCUT2D eigenvalue weighted by atomic mass is 10.1. The quantitative estimate of drug-likeness (QED) is 0.909. The topological polar surface area (TPSA) is 38.9 Å². The highest BCUT2D eigenvalue weighted by atomic mass is 35.5. The number of rotatable bonds is 3. The molecular weight excluding hydrogens is 240 g/mol. The highest BCUT2D eigenvalue weighted by Crippen LogP contribution is 2.22. The summed E-state index contributed by atoms with van der Waals surface area (Å²) < 4.78 is 0. The van der Waals surface area contributed by atoms with E-state index in [-0.39, 0.29) is 0 Å². The second-order valence-corrected chi connectivity index (χ2v) is 5.29. The molecule has 2 aromatic rings. The Morgan fingerprint density at radius 3 is 2.69 bits per heavy atom. The number of aromatic nitrogens is 1. The molecule has 0 aliphatic rings. The van der Waals surface area contributed by atoms with Crippen molar-refractivity contribution in [3.8, 4) is 0 Å². The highest BCUT2D eigenvalue weighted by Gasteiger charge is 2.06. The number of nitrogens with two attached hydrogens (primary N) is 1. The Morgan fingerprint density at radius 1 is 1.31 bits per heavy atom. The molecule has 84 valence electrons. The molecule has 16 heavy (non-hydrogen) atoms. The van der Waals surface area contributed by atoms with Crippen LogP contribution in [0, 0.1) is 6.92 Å². The Kier molecular flexibility index (Phi) is 3.46. The minimum Gasteiger partial charge on any atom is -0.375 e. The van der Waals surface area contributed by atoms with Gasteiger partial charge < -0.3 is 5.73 Å². The molecule has 0 unspecified atom stereocenters. The van der Waals surface area contributed by atoms with Crippen molar-refractivity contribution in [2.45, 2.75) is 19.8 Å². The van der Waals surface area contributed by atoms with E-state index in [1.807, 2.05) is 24.3 Å². The van der Waals surface area contributed by atoms with E-state index in [2.05, 4.69) is 11.9 Å². The van der Waals surface area contributed by atoms with Gasteiger partial charge >= 0.3 is 0 Å². The van der Waals surface area contributed by atoms with Crippen molar-refractivity contribution in [2.75, 3.05) is 5.73 Å². The molecule has 2 rings (SSSR count). The third-order valence-electron chi connectivity index (χ3n) is 2.50. The van der Waals surface area contributed by atoms with Crippen LogP contribution < -0.4 is 5.73 Å². The molecule has 0 radical (unpaired) electrons. The van der Waals surface area contributed by atoms with E-state index in [0.717, 1.165) is 29.1 Å². The molecule has 1 aromatic heterocycles. The van der Waals surface area contributed by atoms with Crippen LogP contribution in [0.2, 0.25) is 5.02 Å². The Labute approximate surface area is 104 Å². The molecular formula is C12H13ClN2S. The molecule has 2 nitrogen and oxygen atoms in total. The predicted molar refractivity (Wildman–Crippen MR) is 70.1 cm³/mol. The van der Waals surface area contributed by atoms with Crippen molar-refractivity contribution in [3.05, 3.63) is 45.4 Å². The van der Waals surface area contributed by atoms with E-state index in [9.17, 15) is 0 Å². The molecule has 0 bridgehead atoms. The number of nitrogen functional groups attached to an aromatic ring is 1. The number of halogens is 1. The molecule has 1 aromatic carbocycles. The first kappa shape index (κ1) is 11.4. The molecule has 1 heterocycles. The SMILES string of the molecule is Cc1sc(N)nc1CCc1ccccc1Cl. The molecule has 0 spiro atoms. The van der Waals surface area contributed by atoms with Gasteiger partial charge in [-0.15, -0.1) is 11.3 Å². The van der Waals surface area contributed by atoms with Gasteiger partial charge in [0.05, 0.1) is 5.69 Å². The lowest BCUT2D eigenvalue weighted by Gasteiger charge is -2.02. The molecule has 0 saturated heterocycles. The van der Waals surface area contributed by atoms with Gasteiger partial charge in [0.2, 0.25) is 0 Å². The summed E-state index contributed by atoms with van der Waals surface area (Å²) in [5, 5.41) is 1.47. The van der Waals surface area contributed by atoms with Crippen LogP contribution in [0.5, 0.6) is 0 Å². The van der Waals surface area contributed by atoms with E-state index in [1.165, 1.54) is 4.88 Å². The Hall–Kier alpha value is -1.06.